The van der Waals surface area contributed by atoms with E-state index in [2.05, 4.69) is 4.18 Å². The molecule has 0 amide bonds. The SMILES string of the molecule is CCP(=O)(CC)CS(=O)(=O)OC. The Bertz CT molecular complexity index is 261. The first-order valence-corrected chi connectivity index (χ1v) is 7.58. The van der Waals surface area contributed by atoms with Crippen molar-refractivity contribution in [3.63, 3.8) is 0 Å². The molecule has 0 rings (SSSR count). The van der Waals surface area contributed by atoms with Gasteiger partial charge in [-0.2, -0.15) is 8.42 Å². The zero-order valence-electron chi connectivity index (χ0n) is 7.61. The highest BCUT2D eigenvalue weighted by Crippen LogP contribution is 2.45. The maximum absolute atomic E-state index is 11.7. The molecule has 0 aliphatic heterocycles. The molecule has 0 aromatic heterocycles. The van der Waals surface area contributed by atoms with Crippen LogP contribution < -0.4 is 0 Å². The Morgan fingerprint density at radius 3 is 1.92 bits per heavy atom. The largest absolute Gasteiger partial charge is 0.322 e. The van der Waals surface area contributed by atoms with Gasteiger partial charge in [0, 0.05) is 0 Å². The Kier molecular flexibility index (Phi) is 4.45. The fourth-order valence-electron chi connectivity index (χ4n) is 0.747. The van der Waals surface area contributed by atoms with E-state index in [0.717, 1.165) is 7.11 Å². The summed E-state index contributed by atoms with van der Waals surface area (Å²) in [5, 5.41) is 0. The van der Waals surface area contributed by atoms with Gasteiger partial charge in [0.1, 0.15) is 12.6 Å². The molecule has 0 spiro atoms. The highest BCUT2D eigenvalue weighted by Gasteiger charge is 2.25. The lowest BCUT2D eigenvalue weighted by Gasteiger charge is -2.12. The third-order valence-electron chi connectivity index (χ3n) is 1.80. The van der Waals surface area contributed by atoms with Crippen LogP contribution in [0.2, 0.25) is 0 Å². The third kappa shape index (κ3) is 3.70. The molecule has 0 N–H and O–H groups in total. The van der Waals surface area contributed by atoms with Crippen LogP contribution in [0.5, 0.6) is 0 Å². The summed E-state index contributed by atoms with van der Waals surface area (Å²) in [5.41, 5.74) is -0.330. The predicted molar refractivity (Wildman–Crippen MR) is 49.5 cm³/mol. The van der Waals surface area contributed by atoms with E-state index in [9.17, 15) is 13.0 Å². The summed E-state index contributed by atoms with van der Waals surface area (Å²) >= 11 is 0. The molecular formula is C6H15O4PS. The lowest BCUT2D eigenvalue weighted by atomic mass is 11.0. The van der Waals surface area contributed by atoms with Crippen LogP contribution in [0.4, 0.5) is 0 Å². The van der Waals surface area contributed by atoms with Gasteiger partial charge in [-0.25, -0.2) is 0 Å². The Balaban J connectivity index is 4.54. The Morgan fingerprint density at radius 2 is 1.67 bits per heavy atom. The quantitative estimate of drug-likeness (QED) is 0.511. The highest BCUT2D eigenvalue weighted by molar-refractivity contribution is 7.95. The Hall–Kier alpha value is 0.140. The zero-order chi connectivity index (χ0) is 9.83. The molecule has 0 heterocycles. The van der Waals surface area contributed by atoms with E-state index in [1.165, 1.54) is 0 Å². The second-order valence-electron chi connectivity index (χ2n) is 2.54. The molecule has 12 heavy (non-hydrogen) atoms. The third-order valence-corrected chi connectivity index (χ3v) is 7.76. The molecule has 0 aliphatic rings. The van der Waals surface area contributed by atoms with E-state index in [1.54, 1.807) is 13.8 Å². The topological polar surface area (TPSA) is 60.4 Å². The fourth-order valence-corrected chi connectivity index (χ4v) is 5.38. The molecule has 0 radical (unpaired) electrons. The lowest BCUT2D eigenvalue weighted by Crippen LogP contribution is -2.10. The second kappa shape index (κ2) is 4.40. The standard InChI is InChI=1S/C6H15O4PS/c1-4-11(7,5-2)6-12(8,9)10-3/h4-6H2,1-3H3. The van der Waals surface area contributed by atoms with Crippen LogP contribution >= 0.6 is 7.14 Å². The van der Waals surface area contributed by atoms with Crippen LogP contribution in [-0.2, 0) is 18.9 Å². The molecular weight excluding hydrogens is 199 g/mol. The second-order valence-corrected chi connectivity index (χ2v) is 8.41. The predicted octanol–water partition coefficient (Wildman–Crippen LogP) is 1.32. The summed E-state index contributed by atoms with van der Waals surface area (Å²) in [6, 6.07) is 0. The number of rotatable bonds is 5. The zero-order valence-corrected chi connectivity index (χ0v) is 9.32. The molecule has 0 aliphatic carbocycles. The Morgan fingerprint density at radius 1 is 1.25 bits per heavy atom. The van der Waals surface area contributed by atoms with E-state index >= 15 is 0 Å². The normalized spacial score (nSPS) is 13.2. The smallest absolute Gasteiger partial charge is 0.274 e. The maximum Gasteiger partial charge on any atom is 0.274 e. The van der Waals surface area contributed by atoms with Crippen molar-refractivity contribution in [3.8, 4) is 0 Å². The van der Waals surface area contributed by atoms with Gasteiger partial charge in [-0.05, 0) is 12.3 Å². The van der Waals surface area contributed by atoms with Crippen molar-refractivity contribution in [1.29, 1.82) is 0 Å². The average Bonchev–Trinajstić information content (AvgIpc) is 2.04. The van der Waals surface area contributed by atoms with Crippen molar-refractivity contribution >= 4 is 17.3 Å². The first-order chi connectivity index (χ1) is 5.39. The van der Waals surface area contributed by atoms with Gasteiger partial charge in [-0.3, -0.25) is 4.18 Å². The summed E-state index contributed by atoms with van der Waals surface area (Å²) < 4.78 is 37.8. The molecule has 74 valence electrons. The molecule has 4 nitrogen and oxygen atoms in total. The Labute approximate surface area is 73.8 Å². The monoisotopic (exact) mass is 214 g/mol. The molecule has 0 aromatic carbocycles. The van der Waals surface area contributed by atoms with E-state index in [-0.39, 0.29) is 5.49 Å². The minimum atomic E-state index is -3.56. The van der Waals surface area contributed by atoms with Gasteiger partial charge in [-0.1, -0.05) is 13.8 Å². The van der Waals surface area contributed by atoms with Crippen LogP contribution in [0.3, 0.4) is 0 Å². The van der Waals surface area contributed by atoms with Crippen molar-refractivity contribution in [2.45, 2.75) is 13.8 Å². The van der Waals surface area contributed by atoms with Crippen LogP contribution in [0.25, 0.3) is 0 Å². The summed E-state index contributed by atoms with van der Waals surface area (Å²) in [5.74, 6) is 0. The average molecular weight is 214 g/mol. The number of hydrogen-bond acceptors (Lipinski definition) is 4. The molecule has 0 unspecified atom stereocenters. The van der Waals surface area contributed by atoms with Gasteiger partial charge in [0.25, 0.3) is 10.1 Å². The van der Waals surface area contributed by atoms with Crippen LogP contribution in [-0.4, -0.2) is 33.3 Å². The molecule has 0 saturated heterocycles. The van der Waals surface area contributed by atoms with E-state index in [0.29, 0.717) is 12.3 Å². The first-order valence-electron chi connectivity index (χ1n) is 3.74. The summed E-state index contributed by atoms with van der Waals surface area (Å²) in [4.78, 5) is 0. The lowest BCUT2D eigenvalue weighted by molar-refractivity contribution is 0.401. The minimum Gasteiger partial charge on any atom is -0.322 e. The van der Waals surface area contributed by atoms with Crippen molar-refractivity contribution in [3.05, 3.63) is 0 Å². The summed E-state index contributed by atoms with van der Waals surface area (Å²) in [7, 11) is -5.01. The van der Waals surface area contributed by atoms with Gasteiger partial charge in [0.2, 0.25) is 0 Å². The highest BCUT2D eigenvalue weighted by atomic mass is 32.2. The molecule has 0 atom stereocenters. The fraction of sp³-hybridized carbons (Fsp3) is 1.00. The van der Waals surface area contributed by atoms with Crippen molar-refractivity contribution in [1.82, 2.24) is 0 Å². The molecule has 0 aromatic rings. The molecule has 0 saturated carbocycles. The van der Waals surface area contributed by atoms with Crippen LogP contribution in [0.1, 0.15) is 13.8 Å². The molecule has 0 fully saturated rings. The molecule has 0 bridgehead atoms. The number of hydrogen-bond donors (Lipinski definition) is 0. The van der Waals surface area contributed by atoms with Gasteiger partial charge in [0.05, 0.1) is 7.11 Å². The van der Waals surface area contributed by atoms with Gasteiger partial charge < -0.3 is 4.57 Å². The van der Waals surface area contributed by atoms with Gasteiger partial charge in [-0.15, -0.1) is 0 Å². The summed E-state index contributed by atoms with van der Waals surface area (Å²) in [6.45, 7) is 3.46. The first kappa shape index (κ1) is 12.1. The van der Waals surface area contributed by atoms with Crippen molar-refractivity contribution in [2.75, 3.05) is 24.9 Å². The van der Waals surface area contributed by atoms with Crippen LogP contribution in [0.15, 0.2) is 0 Å². The minimum absolute atomic E-state index is 0.330. The van der Waals surface area contributed by atoms with E-state index in [1.807, 2.05) is 0 Å². The maximum atomic E-state index is 11.7. The van der Waals surface area contributed by atoms with Gasteiger partial charge >= 0.3 is 0 Å². The summed E-state index contributed by atoms with van der Waals surface area (Å²) in [6.07, 6.45) is 0.818. The van der Waals surface area contributed by atoms with Crippen molar-refractivity contribution < 1.29 is 17.2 Å². The van der Waals surface area contributed by atoms with Gasteiger partial charge in [0.15, 0.2) is 0 Å². The van der Waals surface area contributed by atoms with Crippen LogP contribution in [0, 0.1) is 0 Å². The molecule has 6 heteroatoms. The van der Waals surface area contributed by atoms with E-state index in [4.69, 9.17) is 0 Å². The van der Waals surface area contributed by atoms with Crippen molar-refractivity contribution in [2.24, 2.45) is 0 Å². The van der Waals surface area contributed by atoms with E-state index < -0.39 is 17.3 Å².